The van der Waals surface area contributed by atoms with Crippen molar-refractivity contribution in [2.45, 2.75) is 34.6 Å². The van der Waals surface area contributed by atoms with Crippen LogP contribution in [0.1, 0.15) is 31.9 Å². The molecule has 3 rings (SSSR count). The minimum Gasteiger partial charge on any atom is -0.354 e. The molecule has 3 nitrogen and oxygen atoms in total. The largest absolute Gasteiger partial charge is 0.354 e. The number of benzene rings is 2. The van der Waals surface area contributed by atoms with E-state index in [9.17, 15) is 4.79 Å². The highest BCUT2D eigenvalue weighted by Crippen LogP contribution is 2.28. The molecule has 3 heteroatoms. The summed E-state index contributed by atoms with van der Waals surface area (Å²) in [5, 5.41) is 4.12. The molecule has 0 aliphatic carbocycles. The third-order valence-corrected chi connectivity index (χ3v) is 4.09. The van der Waals surface area contributed by atoms with E-state index in [1.54, 1.807) is 0 Å². The van der Waals surface area contributed by atoms with E-state index in [1.807, 2.05) is 39.0 Å². The smallest absolute Gasteiger partial charge is 0.229 e. The zero-order chi connectivity index (χ0) is 17.5. The zero-order valence-corrected chi connectivity index (χ0v) is 14.9. The Morgan fingerprint density at radius 1 is 0.958 bits per heavy atom. The standard InChI is InChI=1S/C21H24N2O/c1-13-8-14(2)10-16(9-13)18-11-15-6-7-17(12-19(15)23-18)22-20(24)21(3,4)5/h6-12,23H,1-5H3,(H,22,24). The molecule has 2 aromatic carbocycles. The molecular formula is C21H24N2O. The second kappa shape index (κ2) is 5.82. The molecule has 1 aromatic heterocycles. The summed E-state index contributed by atoms with van der Waals surface area (Å²) in [6, 6.07) is 14.7. The van der Waals surface area contributed by atoms with Crippen LogP contribution in [0.15, 0.2) is 42.5 Å². The molecule has 1 heterocycles. The van der Waals surface area contributed by atoms with Crippen LogP contribution in [0, 0.1) is 19.3 Å². The van der Waals surface area contributed by atoms with Crippen LogP contribution < -0.4 is 5.32 Å². The van der Waals surface area contributed by atoms with Crippen LogP contribution in [-0.4, -0.2) is 10.9 Å². The quantitative estimate of drug-likeness (QED) is 0.649. The Kier molecular flexibility index (Phi) is 3.96. The number of aromatic amines is 1. The molecule has 1 amide bonds. The Labute approximate surface area is 143 Å². The molecule has 0 aliphatic heterocycles. The average molecular weight is 320 g/mol. The Bertz CT molecular complexity index is 893. The van der Waals surface area contributed by atoms with Gasteiger partial charge in [0.2, 0.25) is 5.91 Å². The SMILES string of the molecule is Cc1cc(C)cc(-c2cc3ccc(NC(=O)C(C)(C)C)cc3[nH]2)c1. The van der Waals surface area contributed by atoms with E-state index in [-0.39, 0.29) is 5.91 Å². The van der Waals surface area contributed by atoms with Crippen molar-refractivity contribution < 1.29 is 4.79 Å². The molecule has 0 saturated carbocycles. The first-order valence-corrected chi connectivity index (χ1v) is 8.25. The van der Waals surface area contributed by atoms with E-state index < -0.39 is 5.41 Å². The van der Waals surface area contributed by atoms with Crippen LogP contribution in [0.2, 0.25) is 0 Å². The lowest BCUT2D eigenvalue weighted by atomic mass is 9.95. The Hall–Kier alpha value is -2.55. The first kappa shape index (κ1) is 16.3. The fourth-order valence-corrected chi connectivity index (χ4v) is 2.81. The van der Waals surface area contributed by atoms with Gasteiger partial charge in [0.25, 0.3) is 0 Å². The molecule has 24 heavy (non-hydrogen) atoms. The Morgan fingerprint density at radius 3 is 2.25 bits per heavy atom. The molecule has 2 N–H and O–H groups in total. The molecule has 0 saturated heterocycles. The van der Waals surface area contributed by atoms with Crippen molar-refractivity contribution >= 4 is 22.5 Å². The van der Waals surface area contributed by atoms with Crippen molar-refractivity contribution in [3.8, 4) is 11.3 Å². The summed E-state index contributed by atoms with van der Waals surface area (Å²) in [4.78, 5) is 15.6. The maximum Gasteiger partial charge on any atom is 0.229 e. The van der Waals surface area contributed by atoms with Crippen molar-refractivity contribution in [3.05, 3.63) is 53.6 Å². The first-order valence-electron chi connectivity index (χ1n) is 8.25. The number of carbonyl (C=O) groups is 1. The molecule has 0 aliphatic rings. The van der Waals surface area contributed by atoms with Crippen LogP contribution in [0.3, 0.4) is 0 Å². The van der Waals surface area contributed by atoms with E-state index in [2.05, 4.69) is 48.4 Å². The van der Waals surface area contributed by atoms with Crippen molar-refractivity contribution in [2.24, 2.45) is 5.41 Å². The van der Waals surface area contributed by atoms with Gasteiger partial charge in [-0.3, -0.25) is 4.79 Å². The lowest BCUT2D eigenvalue weighted by Crippen LogP contribution is -2.27. The summed E-state index contributed by atoms with van der Waals surface area (Å²) in [5.41, 5.74) is 6.21. The maximum absolute atomic E-state index is 12.2. The van der Waals surface area contributed by atoms with Crippen LogP contribution in [-0.2, 0) is 4.79 Å². The highest BCUT2D eigenvalue weighted by molar-refractivity contribution is 5.97. The van der Waals surface area contributed by atoms with Crippen molar-refractivity contribution in [2.75, 3.05) is 5.32 Å². The van der Waals surface area contributed by atoms with Crippen LogP contribution in [0.5, 0.6) is 0 Å². The van der Waals surface area contributed by atoms with Gasteiger partial charge in [-0.15, -0.1) is 0 Å². The summed E-state index contributed by atoms with van der Waals surface area (Å²) in [7, 11) is 0. The number of fused-ring (bicyclic) bond motifs is 1. The van der Waals surface area contributed by atoms with Gasteiger partial charge in [-0.25, -0.2) is 0 Å². The normalized spacial score (nSPS) is 11.7. The van der Waals surface area contributed by atoms with Crippen LogP contribution >= 0.6 is 0 Å². The number of carbonyl (C=O) groups excluding carboxylic acids is 1. The van der Waals surface area contributed by atoms with Gasteiger partial charge < -0.3 is 10.3 Å². The van der Waals surface area contributed by atoms with Crippen LogP contribution in [0.25, 0.3) is 22.2 Å². The number of hydrogen-bond acceptors (Lipinski definition) is 1. The van der Waals surface area contributed by atoms with Gasteiger partial charge in [-0.1, -0.05) is 44.0 Å². The van der Waals surface area contributed by atoms with Crippen LogP contribution in [0.4, 0.5) is 5.69 Å². The number of rotatable bonds is 2. The number of anilines is 1. The summed E-state index contributed by atoms with van der Waals surface area (Å²) in [5.74, 6) is 0.0166. The molecular weight excluding hydrogens is 296 g/mol. The van der Waals surface area contributed by atoms with E-state index in [0.717, 1.165) is 22.3 Å². The summed E-state index contributed by atoms with van der Waals surface area (Å²) in [6.07, 6.45) is 0. The summed E-state index contributed by atoms with van der Waals surface area (Å²) >= 11 is 0. The second-order valence-corrected chi connectivity index (χ2v) is 7.57. The molecule has 3 aromatic rings. The van der Waals surface area contributed by atoms with Gasteiger partial charge in [-0.2, -0.15) is 0 Å². The van der Waals surface area contributed by atoms with Gasteiger partial charge in [0, 0.05) is 27.7 Å². The third-order valence-electron chi connectivity index (χ3n) is 4.09. The fraction of sp³-hybridized carbons (Fsp3) is 0.286. The molecule has 124 valence electrons. The number of hydrogen-bond donors (Lipinski definition) is 2. The van der Waals surface area contributed by atoms with Gasteiger partial charge in [0.1, 0.15) is 0 Å². The minimum absolute atomic E-state index is 0.0166. The molecule has 0 fully saturated rings. The Morgan fingerprint density at radius 2 is 1.62 bits per heavy atom. The lowest BCUT2D eigenvalue weighted by molar-refractivity contribution is -0.123. The van der Waals surface area contributed by atoms with E-state index in [4.69, 9.17) is 0 Å². The molecule has 0 atom stereocenters. The lowest BCUT2D eigenvalue weighted by Gasteiger charge is -2.17. The maximum atomic E-state index is 12.2. The topological polar surface area (TPSA) is 44.9 Å². The van der Waals surface area contributed by atoms with E-state index >= 15 is 0 Å². The van der Waals surface area contributed by atoms with Crippen molar-refractivity contribution in [1.82, 2.24) is 4.98 Å². The fourth-order valence-electron chi connectivity index (χ4n) is 2.81. The summed E-state index contributed by atoms with van der Waals surface area (Å²) in [6.45, 7) is 9.95. The number of amides is 1. The summed E-state index contributed by atoms with van der Waals surface area (Å²) < 4.78 is 0. The molecule has 0 radical (unpaired) electrons. The third kappa shape index (κ3) is 3.35. The Balaban J connectivity index is 1.96. The number of aryl methyl sites for hydroxylation is 2. The second-order valence-electron chi connectivity index (χ2n) is 7.57. The predicted octanol–water partition coefficient (Wildman–Crippen LogP) is 5.44. The number of nitrogens with one attached hydrogen (secondary N) is 2. The van der Waals surface area contributed by atoms with E-state index in [1.165, 1.54) is 16.7 Å². The van der Waals surface area contributed by atoms with Crippen molar-refractivity contribution in [1.29, 1.82) is 0 Å². The van der Waals surface area contributed by atoms with Gasteiger partial charge in [0.15, 0.2) is 0 Å². The number of H-pyrrole nitrogens is 1. The number of aromatic nitrogens is 1. The minimum atomic E-state index is -0.408. The van der Waals surface area contributed by atoms with E-state index in [0.29, 0.717) is 0 Å². The van der Waals surface area contributed by atoms with Crippen molar-refractivity contribution in [3.63, 3.8) is 0 Å². The molecule has 0 bridgehead atoms. The molecule has 0 spiro atoms. The van der Waals surface area contributed by atoms with Gasteiger partial charge >= 0.3 is 0 Å². The first-order chi connectivity index (χ1) is 11.2. The predicted molar refractivity (Wildman–Crippen MR) is 101 cm³/mol. The van der Waals surface area contributed by atoms with Gasteiger partial charge in [0.05, 0.1) is 0 Å². The van der Waals surface area contributed by atoms with Gasteiger partial charge in [-0.05, 0) is 49.7 Å². The molecule has 0 unspecified atom stereocenters. The zero-order valence-electron chi connectivity index (χ0n) is 14.9. The average Bonchev–Trinajstić information content (AvgIpc) is 2.88. The highest BCUT2D eigenvalue weighted by atomic mass is 16.2. The monoisotopic (exact) mass is 320 g/mol. The highest BCUT2D eigenvalue weighted by Gasteiger charge is 2.21.